The van der Waals surface area contributed by atoms with Crippen LogP contribution in [0, 0.1) is 0 Å². The Balaban J connectivity index is 2.10. The first kappa shape index (κ1) is 11.8. The summed E-state index contributed by atoms with van der Waals surface area (Å²) in [7, 11) is 1.53. The smallest absolute Gasteiger partial charge is 0.255 e. The quantitative estimate of drug-likeness (QED) is 0.781. The molecule has 2 aromatic rings. The Morgan fingerprint density at radius 3 is 3.11 bits per heavy atom. The zero-order valence-corrected chi connectivity index (χ0v) is 10.4. The Morgan fingerprint density at radius 1 is 1.37 bits per heavy atom. The molecule has 0 fully saturated rings. The SMILES string of the molecule is COc1cc(-c2nc3c(c(=O)[nH]2)CNCC3)ncn1. The van der Waals surface area contributed by atoms with Crippen molar-refractivity contribution in [3.8, 4) is 17.4 Å². The summed E-state index contributed by atoms with van der Waals surface area (Å²) in [5.74, 6) is 0.887. The van der Waals surface area contributed by atoms with E-state index in [1.807, 2.05) is 0 Å². The second kappa shape index (κ2) is 4.77. The predicted octanol–water partition coefficient (Wildman–Crippen LogP) is -0.119. The van der Waals surface area contributed by atoms with Gasteiger partial charge in [0, 0.05) is 25.6 Å². The second-order valence-electron chi connectivity index (χ2n) is 4.21. The van der Waals surface area contributed by atoms with Gasteiger partial charge in [-0.05, 0) is 0 Å². The minimum atomic E-state index is -0.121. The molecular formula is C12H13N5O2. The highest BCUT2D eigenvalue weighted by molar-refractivity contribution is 5.50. The van der Waals surface area contributed by atoms with E-state index in [0.29, 0.717) is 29.5 Å². The van der Waals surface area contributed by atoms with Crippen molar-refractivity contribution >= 4 is 0 Å². The van der Waals surface area contributed by atoms with Crippen LogP contribution in [0.5, 0.6) is 5.88 Å². The van der Waals surface area contributed by atoms with Crippen LogP contribution in [-0.2, 0) is 13.0 Å². The topological polar surface area (TPSA) is 92.8 Å². The lowest BCUT2D eigenvalue weighted by Crippen LogP contribution is -2.31. The van der Waals surface area contributed by atoms with Crippen LogP contribution in [0.15, 0.2) is 17.2 Å². The molecule has 3 heterocycles. The summed E-state index contributed by atoms with van der Waals surface area (Å²) in [5, 5.41) is 3.15. The first-order valence-corrected chi connectivity index (χ1v) is 5.97. The number of H-pyrrole nitrogens is 1. The molecule has 2 aromatic heterocycles. The normalized spacial score (nSPS) is 13.9. The highest BCUT2D eigenvalue weighted by Gasteiger charge is 2.16. The number of fused-ring (bicyclic) bond motifs is 1. The van der Waals surface area contributed by atoms with Gasteiger partial charge in [-0.2, -0.15) is 0 Å². The number of nitrogens with zero attached hydrogens (tertiary/aromatic N) is 3. The first-order valence-electron chi connectivity index (χ1n) is 5.97. The van der Waals surface area contributed by atoms with Crippen molar-refractivity contribution in [1.29, 1.82) is 0 Å². The van der Waals surface area contributed by atoms with Crippen LogP contribution in [-0.4, -0.2) is 33.6 Å². The predicted molar refractivity (Wildman–Crippen MR) is 67.8 cm³/mol. The fraction of sp³-hybridized carbons (Fsp3) is 0.333. The molecule has 0 amide bonds. The molecule has 0 atom stereocenters. The van der Waals surface area contributed by atoms with Gasteiger partial charge in [0.05, 0.1) is 18.4 Å². The monoisotopic (exact) mass is 259 g/mol. The molecule has 1 aliphatic rings. The Morgan fingerprint density at radius 2 is 2.26 bits per heavy atom. The average Bonchev–Trinajstić information content (AvgIpc) is 2.47. The van der Waals surface area contributed by atoms with Gasteiger partial charge in [0.15, 0.2) is 5.82 Å². The van der Waals surface area contributed by atoms with Gasteiger partial charge in [-0.3, -0.25) is 4.79 Å². The van der Waals surface area contributed by atoms with Gasteiger partial charge in [-0.15, -0.1) is 0 Å². The highest BCUT2D eigenvalue weighted by atomic mass is 16.5. The fourth-order valence-electron chi connectivity index (χ4n) is 2.06. The number of aromatic amines is 1. The molecule has 0 aliphatic carbocycles. The molecule has 0 bridgehead atoms. The Bertz CT molecular complexity index is 667. The third kappa shape index (κ3) is 2.19. The lowest BCUT2D eigenvalue weighted by Gasteiger charge is -2.15. The molecule has 3 rings (SSSR count). The summed E-state index contributed by atoms with van der Waals surface area (Å²) in [6, 6.07) is 1.64. The maximum absolute atomic E-state index is 12.0. The van der Waals surface area contributed by atoms with Crippen molar-refractivity contribution in [3.05, 3.63) is 34.0 Å². The average molecular weight is 259 g/mol. The standard InChI is InChI=1S/C12H13N5O2/c1-19-10-4-9(14-6-15-10)11-16-8-2-3-13-5-7(8)12(18)17-11/h4,6,13H,2-3,5H2,1H3,(H,16,17,18). The Hall–Kier alpha value is -2.28. The Labute approximate surface area is 109 Å². The van der Waals surface area contributed by atoms with Gasteiger partial charge in [0.1, 0.15) is 12.0 Å². The summed E-state index contributed by atoms with van der Waals surface area (Å²) in [6.45, 7) is 1.39. The molecule has 0 radical (unpaired) electrons. The maximum Gasteiger partial charge on any atom is 0.255 e. The summed E-state index contributed by atoms with van der Waals surface area (Å²) >= 11 is 0. The van der Waals surface area contributed by atoms with Gasteiger partial charge < -0.3 is 15.0 Å². The third-order valence-electron chi connectivity index (χ3n) is 3.04. The lowest BCUT2D eigenvalue weighted by molar-refractivity contribution is 0.397. The van der Waals surface area contributed by atoms with Crippen LogP contribution < -0.4 is 15.6 Å². The van der Waals surface area contributed by atoms with E-state index < -0.39 is 0 Å². The van der Waals surface area contributed by atoms with Gasteiger partial charge in [-0.1, -0.05) is 0 Å². The van der Waals surface area contributed by atoms with Crippen LogP contribution in [0.4, 0.5) is 0 Å². The summed E-state index contributed by atoms with van der Waals surface area (Å²) in [4.78, 5) is 27.3. The van der Waals surface area contributed by atoms with Crippen LogP contribution in [0.1, 0.15) is 11.3 Å². The Kier molecular flexibility index (Phi) is 2.96. The van der Waals surface area contributed by atoms with Crippen molar-refractivity contribution in [1.82, 2.24) is 25.3 Å². The summed E-state index contributed by atoms with van der Waals surface area (Å²) in [5.41, 5.74) is 1.96. The molecule has 0 saturated heterocycles. The van der Waals surface area contributed by atoms with E-state index in [9.17, 15) is 4.79 Å². The number of rotatable bonds is 2. The summed E-state index contributed by atoms with van der Waals surface area (Å²) < 4.78 is 5.04. The van der Waals surface area contributed by atoms with E-state index in [0.717, 1.165) is 18.7 Å². The van der Waals surface area contributed by atoms with Crippen LogP contribution in [0.2, 0.25) is 0 Å². The molecular weight excluding hydrogens is 246 g/mol. The van der Waals surface area contributed by atoms with Gasteiger partial charge in [-0.25, -0.2) is 15.0 Å². The molecule has 0 saturated carbocycles. The molecule has 7 nitrogen and oxygen atoms in total. The fourth-order valence-corrected chi connectivity index (χ4v) is 2.06. The molecule has 0 aromatic carbocycles. The van der Waals surface area contributed by atoms with E-state index in [1.54, 1.807) is 6.07 Å². The zero-order chi connectivity index (χ0) is 13.2. The third-order valence-corrected chi connectivity index (χ3v) is 3.04. The molecule has 1 aliphatic heterocycles. The van der Waals surface area contributed by atoms with Crippen LogP contribution in [0.3, 0.4) is 0 Å². The maximum atomic E-state index is 12.0. The van der Waals surface area contributed by atoms with Gasteiger partial charge >= 0.3 is 0 Å². The molecule has 98 valence electrons. The number of hydrogen-bond donors (Lipinski definition) is 2. The first-order chi connectivity index (χ1) is 9.28. The van der Waals surface area contributed by atoms with E-state index >= 15 is 0 Å². The second-order valence-corrected chi connectivity index (χ2v) is 4.21. The van der Waals surface area contributed by atoms with Crippen molar-refractivity contribution in [3.63, 3.8) is 0 Å². The minimum Gasteiger partial charge on any atom is -0.481 e. The minimum absolute atomic E-state index is 0.121. The van der Waals surface area contributed by atoms with Gasteiger partial charge in [0.25, 0.3) is 5.56 Å². The number of aromatic nitrogens is 4. The molecule has 0 unspecified atom stereocenters. The highest BCUT2D eigenvalue weighted by Crippen LogP contribution is 2.16. The summed E-state index contributed by atoms with van der Waals surface area (Å²) in [6.07, 6.45) is 2.13. The molecule has 19 heavy (non-hydrogen) atoms. The van der Waals surface area contributed by atoms with E-state index in [4.69, 9.17) is 4.74 Å². The molecule has 7 heteroatoms. The lowest BCUT2D eigenvalue weighted by atomic mass is 10.1. The van der Waals surface area contributed by atoms with Crippen molar-refractivity contribution in [2.75, 3.05) is 13.7 Å². The van der Waals surface area contributed by atoms with Crippen molar-refractivity contribution in [2.45, 2.75) is 13.0 Å². The largest absolute Gasteiger partial charge is 0.481 e. The molecule has 0 spiro atoms. The number of ether oxygens (including phenoxy) is 1. The zero-order valence-electron chi connectivity index (χ0n) is 10.4. The number of methoxy groups -OCH3 is 1. The van der Waals surface area contributed by atoms with E-state index in [-0.39, 0.29) is 5.56 Å². The van der Waals surface area contributed by atoms with E-state index in [2.05, 4.69) is 25.3 Å². The van der Waals surface area contributed by atoms with E-state index in [1.165, 1.54) is 13.4 Å². The van der Waals surface area contributed by atoms with Crippen LogP contribution in [0.25, 0.3) is 11.5 Å². The van der Waals surface area contributed by atoms with Crippen LogP contribution >= 0.6 is 0 Å². The number of nitrogens with one attached hydrogen (secondary N) is 2. The molecule has 2 N–H and O–H groups in total. The van der Waals surface area contributed by atoms with Gasteiger partial charge in [0.2, 0.25) is 5.88 Å². The van der Waals surface area contributed by atoms with Crippen molar-refractivity contribution in [2.24, 2.45) is 0 Å². The van der Waals surface area contributed by atoms with Crippen molar-refractivity contribution < 1.29 is 4.74 Å². The number of hydrogen-bond acceptors (Lipinski definition) is 6.